The molecule has 2 aromatic rings. The summed E-state index contributed by atoms with van der Waals surface area (Å²) < 4.78 is 16.6. The number of carbonyl (C=O) groups is 1. The minimum Gasteiger partial charge on any atom is -0.508 e. The summed E-state index contributed by atoms with van der Waals surface area (Å²) in [6, 6.07) is 12.4. The number of methoxy groups -OCH3 is 1. The van der Waals surface area contributed by atoms with E-state index in [9.17, 15) is 9.90 Å². The first-order valence-corrected chi connectivity index (χ1v) is 7.36. The monoisotopic (exact) mass is 314 g/mol. The summed E-state index contributed by atoms with van der Waals surface area (Å²) in [4.78, 5) is 11.4. The number of phenols is 1. The van der Waals surface area contributed by atoms with Crippen molar-refractivity contribution in [3.8, 4) is 17.2 Å². The Morgan fingerprint density at radius 2 is 1.96 bits per heavy atom. The first kappa shape index (κ1) is 15.2. The van der Waals surface area contributed by atoms with Gasteiger partial charge in [0.25, 0.3) is 0 Å². The van der Waals surface area contributed by atoms with Gasteiger partial charge in [-0.3, -0.25) is 4.79 Å². The van der Waals surface area contributed by atoms with Crippen LogP contribution in [0.2, 0.25) is 0 Å². The first-order chi connectivity index (χ1) is 11.1. The number of hydrogen-bond acceptors (Lipinski definition) is 5. The van der Waals surface area contributed by atoms with Crippen LogP contribution < -0.4 is 9.47 Å². The number of rotatable bonds is 3. The molecule has 0 unspecified atom stereocenters. The molecule has 0 aromatic heterocycles. The van der Waals surface area contributed by atoms with E-state index in [0.29, 0.717) is 12.2 Å². The maximum Gasteiger partial charge on any atom is 0.303 e. The highest BCUT2D eigenvalue weighted by atomic mass is 16.6. The standard InChI is InChI=1S/C18H18O5/c1-11(19)22-17-9-13-3-6-14(20)10-16(13)23-18(17)12-4-7-15(21-2)8-5-12/h3-8,10,17-18,20H,9H2,1-2H3/t17-,18-/m0/s1. The molecule has 1 N–H and O–H groups in total. The van der Waals surface area contributed by atoms with Gasteiger partial charge in [0.05, 0.1) is 7.11 Å². The predicted octanol–water partition coefficient (Wildman–Crippen LogP) is 3.01. The van der Waals surface area contributed by atoms with Gasteiger partial charge in [0.2, 0.25) is 0 Å². The largest absolute Gasteiger partial charge is 0.508 e. The Labute approximate surface area is 134 Å². The SMILES string of the molecule is COc1ccc([C@@H]2Oc3cc(O)ccc3C[C@@H]2OC(C)=O)cc1. The third kappa shape index (κ3) is 3.23. The molecule has 120 valence electrons. The molecule has 5 nitrogen and oxygen atoms in total. The lowest BCUT2D eigenvalue weighted by molar-refractivity contribution is -0.152. The van der Waals surface area contributed by atoms with E-state index in [1.54, 1.807) is 25.3 Å². The molecule has 0 amide bonds. The van der Waals surface area contributed by atoms with Crippen LogP contribution in [-0.4, -0.2) is 24.3 Å². The van der Waals surface area contributed by atoms with Crippen LogP contribution >= 0.6 is 0 Å². The Morgan fingerprint density at radius 3 is 2.61 bits per heavy atom. The summed E-state index contributed by atoms with van der Waals surface area (Å²) in [5, 5.41) is 9.64. The molecule has 1 aliphatic heterocycles. The molecule has 2 atom stereocenters. The Hall–Kier alpha value is -2.69. The first-order valence-electron chi connectivity index (χ1n) is 7.36. The third-order valence-electron chi connectivity index (χ3n) is 3.83. The van der Waals surface area contributed by atoms with Crippen molar-refractivity contribution >= 4 is 5.97 Å². The minimum atomic E-state index is -0.431. The highest BCUT2D eigenvalue weighted by Crippen LogP contribution is 2.38. The topological polar surface area (TPSA) is 65.0 Å². The predicted molar refractivity (Wildman–Crippen MR) is 83.7 cm³/mol. The number of hydrogen-bond donors (Lipinski definition) is 1. The summed E-state index contributed by atoms with van der Waals surface area (Å²) in [5.74, 6) is 1.14. The van der Waals surface area contributed by atoms with Gasteiger partial charge in [0, 0.05) is 19.4 Å². The second-order valence-electron chi connectivity index (χ2n) is 5.46. The fraction of sp³-hybridized carbons (Fsp3) is 0.278. The van der Waals surface area contributed by atoms with E-state index < -0.39 is 12.2 Å². The van der Waals surface area contributed by atoms with Crippen molar-refractivity contribution in [2.75, 3.05) is 7.11 Å². The normalized spacial score (nSPS) is 19.4. The van der Waals surface area contributed by atoms with Crippen molar-refractivity contribution in [1.82, 2.24) is 0 Å². The van der Waals surface area contributed by atoms with E-state index in [0.717, 1.165) is 16.9 Å². The summed E-state index contributed by atoms with van der Waals surface area (Å²) in [5.41, 5.74) is 1.78. The average Bonchev–Trinajstić information content (AvgIpc) is 2.54. The van der Waals surface area contributed by atoms with Crippen molar-refractivity contribution in [2.45, 2.75) is 25.6 Å². The van der Waals surface area contributed by atoms with Crippen molar-refractivity contribution in [2.24, 2.45) is 0 Å². The van der Waals surface area contributed by atoms with Crippen LogP contribution in [0.25, 0.3) is 0 Å². The van der Waals surface area contributed by atoms with Crippen LogP contribution in [0.1, 0.15) is 24.2 Å². The summed E-state index contributed by atoms with van der Waals surface area (Å²) in [7, 11) is 1.60. The second-order valence-corrected chi connectivity index (χ2v) is 5.46. The smallest absolute Gasteiger partial charge is 0.303 e. The summed E-state index contributed by atoms with van der Waals surface area (Å²) in [6.45, 7) is 1.39. The lowest BCUT2D eigenvalue weighted by Crippen LogP contribution is -2.34. The number of phenolic OH excluding ortho intramolecular Hbond substituents is 1. The van der Waals surface area contributed by atoms with E-state index in [1.807, 2.05) is 24.3 Å². The third-order valence-corrected chi connectivity index (χ3v) is 3.83. The van der Waals surface area contributed by atoms with Crippen molar-refractivity contribution in [3.05, 3.63) is 53.6 Å². The van der Waals surface area contributed by atoms with E-state index in [4.69, 9.17) is 14.2 Å². The average molecular weight is 314 g/mol. The van der Waals surface area contributed by atoms with Crippen molar-refractivity contribution < 1.29 is 24.1 Å². The van der Waals surface area contributed by atoms with Gasteiger partial charge in [-0.25, -0.2) is 0 Å². The van der Waals surface area contributed by atoms with Gasteiger partial charge in [-0.2, -0.15) is 0 Å². The van der Waals surface area contributed by atoms with Crippen LogP contribution in [0.4, 0.5) is 0 Å². The van der Waals surface area contributed by atoms with Crippen molar-refractivity contribution in [3.63, 3.8) is 0 Å². The van der Waals surface area contributed by atoms with Gasteiger partial charge < -0.3 is 19.3 Å². The van der Waals surface area contributed by atoms with Crippen LogP contribution in [0.3, 0.4) is 0 Å². The molecular formula is C18H18O5. The molecule has 0 saturated heterocycles. The molecule has 2 aromatic carbocycles. The molecule has 0 fully saturated rings. The van der Waals surface area contributed by atoms with Crippen molar-refractivity contribution in [1.29, 1.82) is 0 Å². The molecule has 0 saturated carbocycles. The fourth-order valence-electron chi connectivity index (χ4n) is 2.75. The molecule has 1 aliphatic rings. The Bertz CT molecular complexity index is 708. The summed E-state index contributed by atoms with van der Waals surface area (Å²) >= 11 is 0. The van der Waals surface area contributed by atoms with Gasteiger partial charge in [-0.15, -0.1) is 0 Å². The number of fused-ring (bicyclic) bond motifs is 1. The summed E-state index contributed by atoms with van der Waals surface area (Å²) in [6.07, 6.45) is -0.316. The van der Waals surface area contributed by atoms with Gasteiger partial charge >= 0.3 is 5.97 Å². The Kier molecular flexibility index (Phi) is 4.10. The minimum absolute atomic E-state index is 0.142. The van der Waals surface area contributed by atoms with Crippen LogP contribution in [0, 0.1) is 0 Å². The molecule has 0 bridgehead atoms. The fourth-order valence-corrected chi connectivity index (χ4v) is 2.75. The van der Waals surface area contributed by atoms with Crippen LogP contribution in [0.5, 0.6) is 17.2 Å². The Morgan fingerprint density at radius 1 is 1.22 bits per heavy atom. The number of esters is 1. The van der Waals surface area contributed by atoms with Gasteiger partial charge in [-0.1, -0.05) is 18.2 Å². The highest BCUT2D eigenvalue weighted by molar-refractivity contribution is 5.66. The lowest BCUT2D eigenvalue weighted by Gasteiger charge is -2.33. The maximum atomic E-state index is 11.4. The molecule has 5 heteroatoms. The zero-order valence-electron chi connectivity index (χ0n) is 13.0. The van der Waals surface area contributed by atoms with Gasteiger partial charge in [0.1, 0.15) is 23.4 Å². The van der Waals surface area contributed by atoms with Gasteiger partial charge in [-0.05, 0) is 29.3 Å². The molecule has 23 heavy (non-hydrogen) atoms. The second kappa shape index (κ2) is 6.20. The highest BCUT2D eigenvalue weighted by Gasteiger charge is 2.33. The molecular weight excluding hydrogens is 296 g/mol. The van der Waals surface area contributed by atoms with Crippen LogP contribution in [-0.2, 0) is 16.0 Å². The number of ether oxygens (including phenoxy) is 3. The maximum absolute atomic E-state index is 11.4. The Balaban J connectivity index is 1.95. The molecule has 0 aliphatic carbocycles. The van der Waals surface area contributed by atoms with E-state index in [-0.39, 0.29) is 11.7 Å². The molecule has 0 spiro atoms. The molecule has 0 radical (unpaired) electrons. The number of aromatic hydroxyl groups is 1. The molecule has 3 rings (SSSR count). The molecule has 1 heterocycles. The quantitative estimate of drug-likeness (QED) is 0.882. The number of benzene rings is 2. The van der Waals surface area contributed by atoms with E-state index >= 15 is 0 Å². The van der Waals surface area contributed by atoms with Crippen LogP contribution in [0.15, 0.2) is 42.5 Å². The zero-order valence-corrected chi connectivity index (χ0v) is 13.0. The lowest BCUT2D eigenvalue weighted by atomic mass is 9.94. The van der Waals surface area contributed by atoms with Gasteiger partial charge in [0.15, 0.2) is 6.10 Å². The van der Waals surface area contributed by atoms with E-state index in [1.165, 1.54) is 6.92 Å². The number of carbonyl (C=O) groups excluding carboxylic acids is 1. The zero-order chi connectivity index (χ0) is 16.4. The van der Waals surface area contributed by atoms with E-state index in [2.05, 4.69) is 0 Å².